The minimum atomic E-state index is -0.0435. The Morgan fingerprint density at radius 1 is 1.06 bits per heavy atom. The number of amides is 1. The number of aryl methyl sites for hydroxylation is 1. The summed E-state index contributed by atoms with van der Waals surface area (Å²) in [6.45, 7) is 2.03. The number of ether oxygens (including phenoxy) is 1. The zero-order chi connectivity index (χ0) is 21.6. The predicted molar refractivity (Wildman–Crippen MR) is 125 cm³/mol. The number of thioether (sulfide) groups is 1. The number of carbonyl (C=O) groups excluding carboxylic acids is 1. The average molecular weight is 437 g/mol. The van der Waals surface area contributed by atoms with Gasteiger partial charge >= 0.3 is 0 Å². The van der Waals surface area contributed by atoms with E-state index in [9.17, 15) is 4.79 Å². The van der Waals surface area contributed by atoms with Crippen LogP contribution < -0.4 is 10.1 Å². The minimum Gasteiger partial charge on any atom is -0.497 e. The molecule has 1 N–H and O–H groups in total. The molecule has 1 heterocycles. The summed E-state index contributed by atoms with van der Waals surface area (Å²) in [5.74, 6) is 1.92. The normalized spacial score (nSPS) is 14.4. The van der Waals surface area contributed by atoms with Crippen LogP contribution in [0.15, 0.2) is 53.7 Å². The van der Waals surface area contributed by atoms with Gasteiger partial charge in [-0.2, -0.15) is 0 Å². The van der Waals surface area contributed by atoms with E-state index in [4.69, 9.17) is 4.74 Å². The van der Waals surface area contributed by atoms with Gasteiger partial charge in [0.1, 0.15) is 5.75 Å². The number of hydrogen-bond acceptors (Lipinski definition) is 5. The van der Waals surface area contributed by atoms with E-state index in [1.54, 1.807) is 7.11 Å². The zero-order valence-corrected chi connectivity index (χ0v) is 18.8. The maximum absolute atomic E-state index is 12.5. The van der Waals surface area contributed by atoms with Crippen molar-refractivity contribution in [3.63, 3.8) is 0 Å². The molecule has 1 saturated carbocycles. The third-order valence-electron chi connectivity index (χ3n) is 5.62. The van der Waals surface area contributed by atoms with Crippen LogP contribution >= 0.6 is 11.8 Å². The highest BCUT2D eigenvalue weighted by molar-refractivity contribution is 7.99. The highest BCUT2D eigenvalue weighted by Gasteiger charge is 2.24. The van der Waals surface area contributed by atoms with Crippen LogP contribution in [0.3, 0.4) is 0 Å². The standard InChI is InChI=1S/C24H28N4O2S/c1-17-8-12-19(13-9-17)25-22(29)16-31-24-27-26-23(18-10-14-21(30-2)15-11-18)28(24)20-6-4-3-5-7-20/h8-15,20H,3-7,16H2,1-2H3,(H,25,29). The number of rotatable bonds is 7. The molecule has 0 atom stereocenters. The smallest absolute Gasteiger partial charge is 0.234 e. The number of hydrogen-bond donors (Lipinski definition) is 1. The average Bonchev–Trinajstić information content (AvgIpc) is 3.24. The van der Waals surface area contributed by atoms with Gasteiger partial charge in [-0.1, -0.05) is 48.7 Å². The molecular formula is C24H28N4O2S. The topological polar surface area (TPSA) is 69.0 Å². The SMILES string of the molecule is COc1ccc(-c2nnc(SCC(=O)Nc3ccc(C)cc3)n2C2CCCCC2)cc1. The maximum Gasteiger partial charge on any atom is 0.234 e. The van der Waals surface area contributed by atoms with Crippen molar-refractivity contribution in [1.29, 1.82) is 0 Å². The molecule has 1 amide bonds. The van der Waals surface area contributed by atoms with E-state index < -0.39 is 0 Å². The molecule has 1 aliphatic carbocycles. The van der Waals surface area contributed by atoms with Crippen LogP contribution in [0, 0.1) is 6.92 Å². The van der Waals surface area contributed by atoms with Crippen molar-refractivity contribution in [1.82, 2.24) is 14.8 Å². The Labute approximate surface area is 187 Å². The van der Waals surface area contributed by atoms with E-state index in [1.807, 2.05) is 55.5 Å². The van der Waals surface area contributed by atoms with Gasteiger partial charge in [0.15, 0.2) is 11.0 Å². The van der Waals surface area contributed by atoms with E-state index in [0.717, 1.165) is 40.8 Å². The first-order chi connectivity index (χ1) is 15.1. The monoisotopic (exact) mass is 436 g/mol. The molecule has 1 fully saturated rings. The molecule has 0 spiro atoms. The minimum absolute atomic E-state index is 0.0435. The summed E-state index contributed by atoms with van der Waals surface area (Å²) >= 11 is 1.45. The molecule has 162 valence electrons. The summed E-state index contributed by atoms with van der Waals surface area (Å²) < 4.78 is 7.53. The maximum atomic E-state index is 12.5. The first-order valence-corrected chi connectivity index (χ1v) is 11.7. The molecule has 1 aromatic heterocycles. The van der Waals surface area contributed by atoms with Crippen molar-refractivity contribution in [2.24, 2.45) is 0 Å². The Balaban J connectivity index is 1.52. The van der Waals surface area contributed by atoms with Crippen LogP contribution in [0.1, 0.15) is 43.7 Å². The molecule has 0 radical (unpaired) electrons. The van der Waals surface area contributed by atoms with Crippen molar-refractivity contribution in [2.75, 3.05) is 18.2 Å². The molecule has 2 aromatic carbocycles. The van der Waals surface area contributed by atoms with Crippen LogP contribution in [-0.4, -0.2) is 33.5 Å². The molecule has 31 heavy (non-hydrogen) atoms. The third-order valence-corrected chi connectivity index (χ3v) is 6.56. The van der Waals surface area contributed by atoms with Gasteiger partial charge in [-0.3, -0.25) is 9.36 Å². The summed E-state index contributed by atoms with van der Waals surface area (Å²) in [4.78, 5) is 12.5. The number of nitrogens with zero attached hydrogens (tertiary/aromatic N) is 3. The Morgan fingerprint density at radius 3 is 2.45 bits per heavy atom. The molecule has 3 aromatic rings. The van der Waals surface area contributed by atoms with Gasteiger partial charge in [0.2, 0.25) is 5.91 Å². The van der Waals surface area contributed by atoms with Crippen LogP contribution in [0.2, 0.25) is 0 Å². The molecule has 6 nitrogen and oxygen atoms in total. The number of aromatic nitrogens is 3. The van der Waals surface area contributed by atoms with E-state index in [-0.39, 0.29) is 5.91 Å². The molecule has 7 heteroatoms. The fraction of sp³-hybridized carbons (Fsp3) is 0.375. The van der Waals surface area contributed by atoms with Crippen LogP contribution in [-0.2, 0) is 4.79 Å². The van der Waals surface area contributed by atoms with E-state index >= 15 is 0 Å². The van der Waals surface area contributed by atoms with E-state index in [1.165, 1.54) is 36.6 Å². The van der Waals surface area contributed by atoms with Gasteiger partial charge in [-0.25, -0.2) is 0 Å². The Hall–Kier alpha value is -2.80. The van der Waals surface area contributed by atoms with Crippen molar-refractivity contribution < 1.29 is 9.53 Å². The van der Waals surface area contributed by atoms with Gasteiger partial charge in [0.25, 0.3) is 0 Å². The van der Waals surface area contributed by atoms with Gasteiger partial charge in [0, 0.05) is 17.3 Å². The summed E-state index contributed by atoms with van der Waals surface area (Å²) in [5.41, 5.74) is 2.98. The number of methoxy groups -OCH3 is 1. The highest BCUT2D eigenvalue weighted by atomic mass is 32.2. The fourth-order valence-electron chi connectivity index (χ4n) is 3.94. The van der Waals surface area contributed by atoms with E-state index in [2.05, 4.69) is 20.1 Å². The lowest BCUT2D eigenvalue weighted by Crippen LogP contribution is -2.17. The van der Waals surface area contributed by atoms with Gasteiger partial charge in [-0.05, 0) is 56.2 Å². The van der Waals surface area contributed by atoms with Crippen molar-refractivity contribution in [3.8, 4) is 17.1 Å². The van der Waals surface area contributed by atoms with Crippen LogP contribution in [0.5, 0.6) is 5.75 Å². The number of nitrogens with one attached hydrogen (secondary N) is 1. The highest BCUT2D eigenvalue weighted by Crippen LogP contribution is 2.36. The van der Waals surface area contributed by atoms with Gasteiger partial charge in [-0.15, -0.1) is 10.2 Å². The van der Waals surface area contributed by atoms with Crippen molar-refractivity contribution in [2.45, 2.75) is 50.2 Å². The Morgan fingerprint density at radius 2 is 1.77 bits per heavy atom. The van der Waals surface area contributed by atoms with Crippen LogP contribution in [0.25, 0.3) is 11.4 Å². The second-order valence-electron chi connectivity index (χ2n) is 7.90. The fourth-order valence-corrected chi connectivity index (χ4v) is 4.75. The Bertz CT molecular complexity index is 1010. The summed E-state index contributed by atoms with van der Waals surface area (Å²) in [6, 6.07) is 16.1. The lowest BCUT2D eigenvalue weighted by atomic mass is 9.95. The summed E-state index contributed by atoms with van der Waals surface area (Å²) in [7, 11) is 1.66. The third kappa shape index (κ3) is 5.28. The molecule has 4 rings (SSSR count). The van der Waals surface area contributed by atoms with Gasteiger partial charge in [0.05, 0.1) is 12.9 Å². The Kier molecular flexibility index (Phi) is 6.92. The van der Waals surface area contributed by atoms with Crippen LogP contribution in [0.4, 0.5) is 5.69 Å². The predicted octanol–water partition coefficient (Wildman–Crippen LogP) is 5.50. The first-order valence-electron chi connectivity index (χ1n) is 10.7. The molecular weight excluding hydrogens is 408 g/mol. The quantitative estimate of drug-likeness (QED) is 0.496. The first kappa shape index (κ1) is 21.4. The summed E-state index contributed by atoms with van der Waals surface area (Å²) in [6.07, 6.45) is 5.93. The van der Waals surface area contributed by atoms with Crippen molar-refractivity contribution >= 4 is 23.4 Å². The number of anilines is 1. The zero-order valence-electron chi connectivity index (χ0n) is 18.0. The number of benzene rings is 2. The summed E-state index contributed by atoms with van der Waals surface area (Å²) in [5, 5.41) is 12.7. The second-order valence-corrected chi connectivity index (χ2v) is 8.84. The van der Waals surface area contributed by atoms with E-state index in [0.29, 0.717) is 11.8 Å². The lowest BCUT2D eigenvalue weighted by molar-refractivity contribution is -0.113. The lowest BCUT2D eigenvalue weighted by Gasteiger charge is -2.25. The second kappa shape index (κ2) is 10.0. The molecule has 0 saturated heterocycles. The molecule has 1 aliphatic rings. The number of carbonyl (C=O) groups is 1. The molecule has 0 bridgehead atoms. The van der Waals surface area contributed by atoms with Gasteiger partial charge < -0.3 is 10.1 Å². The molecule has 0 aliphatic heterocycles. The largest absolute Gasteiger partial charge is 0.497 e. The van der Waals surface area contributed by atoms with Crippen molar-refractivity contribution in [3.05, 3.63) is 54.1 Å². The molecule has 0 unspecified atom stereocenters.